The van der Waals surface area contributed by atoms with Crippen LogP contribution >= 0.6 is 0 Å². The van der Waals surface area contributed by atoms with Gasteiger partial charge in [0.15, 0.2) is 17.5 Å². The Bertz CT molecular complexity index is 765. The Kier molecular flexibility index (Phi) is 6.97. The number of carbonyl (C=O) groups excluding carboxylic acids is 1. The van der Waals surface area contributed by atoms with Crippen LogP contribution in [0.4, 0.5) is 0 Å². The standard InChI is InChI=1S/C25H36N2O4/c1-3-14-25-22(20-8-5-6-9-21(20)27(15-4-2)24(25)29)31-23(26-25)18-10-12-19(13-11-18)30-17-7-16-28/h3-4,18-19,22,28H,1-2,5-17H2/t18?,19?,22-,25-/m1/s1. The van der Waals surface area contributed by atoms with Crippen LogP contribution in [0, 0.1) is 5.92 Å². The van der Waals surface area contributed by atoms with Crippen LogP contribution in [0.15, 0.2) is 41.6 Å². The number of aliphatic hydroxyl groups excluding tert-OH is 1. The second-order valence-electron chi connectivity index (χ2n) is 9.17. The van der Waals surface area contributed by atoms with Gasteiger partial charge in [0.1, 0.15) is 0 Å². The Balaban J connectivity index is 1.56. The van der Waals surface area contributed by atoms with Crippen molar-refractivity contribution in [1.29, 1.82) is 0 Å². The second-order valence-corrected chi connectivity index (χ2v) is 9.17. The molecule has 0 bridgehead atoms. The number of amides is 1. The minimum absolute atomic E-state index is 0.0361. The maximum atomic E-state index is 13.8. The minimum atomic E-state index is -0.912. The summed E-state index contributed by atoms with van der Waals surface area (Å²) in [5.41, 5.74) is 1.48. The van der Waals surface area contributed by atoms with Gasteiger partial charge in [-0.3, -0.25) is 4.79 Å². The largest absolute Gasteiger partial charge is 0.470 e. The van der Waals surface area contributed by atoms with E-state index in [1.54, 1.807) is 6.08 Å². The molecule has 0 aromatic heterocycles. The number of allylic oxidation sites excluding steroid dienone is 1. The fourth-order valence-electron chi connectivity index (χ4n) is 5.64. The first-order valence-corrected chi connectivity index (χ1v) is 11.9. The molecule has 0 unspecified atom stereocenters. The van der Waals surface area contributed by atoms with Crippen LogP contribution in [0.2, 0.25) is 0 Å². The summed E-state index contributed by atoms with van der Waals surface area (Å²) in [6, 6.07) is 0. The molecule has 1 fully saturated rings. The molecule has 2 aliphatic heterocycles. The quantitative estimate of drug-likeness (QED) is 0.446. The predicted molar refractivity (Wildman–Crippen MR) is 121 cm³/mol. The van der Waals surface area contributed by atoms with Crippen LogP contribution in [0.5, 0.6) is 0 Å². The lowest BCUT2D eigenvalue weighted by Crippen LogP contribution is -2.58. The Hall–Kier alpha value is -1.92. The summed E-state index contributed by atoms with van der Waals surface area (Å²) in [7, 11) is 0. The van der Waals surface area contributed by atoms with E-state index in [1.807, 2.05) is 11.0 Å². The van der Waals surface area contributed by atoms with Gasteiger partial charge < -0.3 is 19.5 Å². The van der Waals surface area contributed by atoms with E-state index in [2.05, 4.69) is 13.2 Å². The van der Waals surface area contributed by atoms with Gasteiger partial charge in [-0.25, -0.2) is 4.99 Å². The zero-order valence-electron chi connectivity index (χ0n) is 18.6. The van der Waals surface area contributed by atoms with Crippen LogP contribution in [-0.4, -0.2) is 59.3 Å². The van der Waals surface area contributed by atoms with Crippen molar-refractivity contribution >= 4 is 11.8 Å². The molecule has 2 aliphatic carbocycles. The summed E-state index contributed by atoms with van der Waals surface area (Å²) in [5.74, 6) is 1.03. The fraction of sp³-hybridized carbons (Fsp3) is 0.680. The van der Waals surface area contributed by atoms with Crippen LogP contribution in [0.25, 0.3) is 0 Å². The highest BCUT2D eigenvalue weighted by molar-refractivity contribution is 5.97. The molecular formula is C25H36N2O4. The van der Waals surface area contributed by atoms with Crippen LogP contribution in [0.1, 0.15) is 64.2 Å². The van der Waals surface area contributed by atoms with Crippen molar-refractivity contribution in [2.24, 2.45) is 10.9 Å². The summed E-state index contributed by atoms with van der Waals surface area (Å²) in [4.78, 5) is 20.7. The van der Waals surface area contributed by atoms with Crippen molar-refractivity contribution in [3.05, 3.63) is 36.6 Å². The topological polar surface area (TPSA) is 71.4 Å². The van der Waals surface area contributed by atoms with Crippen molar-refractivity contribution in [2.45, 2.75) is 82.0 Å². The maximum Gasteiger partial charge on any atom is 0.259 e. The zero-order chi connectivity index (χ0) is 21.8. The van der Waals surface area contributed by atoms with Crippen molar-refractivity contribution in [3.8, 4) is 0 Å². The zero-order valence-corrected chi connectivity index (χ0v) is 18.6. The van der Waals surface area contributed by atoms with Gasteiger partial charge >= 0.3 is 0 Å². The summed E-state index contributed by atoms with van der Waals surface area (Å²) in [6.07, 6.45) is 12.7. The van der Waals surface area contributed by atoms with Crippen LogP contribution in [0.3, 0.4) is 0 Å². The van der Waals surface area contributed by atoms with E-state index in [4.69, 9.17) is 19.6 Å². The van der Waals surface area contributed by atoms with E-state index in [-0.39, 0.29) is 30.6 Å². The van der Waals surface area contributed by atoms with Gasteiger partial charge in [-0.1, -0.05) is 12.2 Å². The Morgan fingerprint density at radius 1 is 1.19 bits per heavy atom. The second kappa shape index (κ2) is 9.70. The molecule has 6 heteroatoms. The molecule has 170 valence electrons. The van der Waals surface area contributed by atoms with Gasteiger partial charge in [0.25, 0.3) is 5.91 Å². The molecule has 2 atom stereocenters. The number of ether oxygens (including phenoxy) is 2. The monoisotopic (exact) mass is 428 g/mol. The van der Waals surface area contributed by atoms with E-state index in [1.165, 1.54) is 5.57 Å². The number of fused-ring (bicyclic) bond motifs is 2. The lowest BCUT2D eigenvalue weighted by atomic mass is 9.76. The molecule has 2 heterocycles. The number of aliphatic imine (C=N–C) groups is 1. The summed E-state index contributed by atoms with van der Waals surface area (Å²) in [5, 5.41) is 8.95. The van der Waals surface area contributed by atoms with Crippen molar-refractivity contribution < 1.29 is 19.4 Å². The number of nitrogens with zero attached hydrogens (tertiary/aromatic N) is 2. The van der Waals surface area contributed by atoms with Crippen molar-refractivity contribution in [2.75, 3.05) is 19.8 Å². The molecule has 0 aromatic rings. The van der Waals surface area contributed by atoms with Gasteiger partial charge in [-0.2, -0.15) is 0 Å². The third kappa shape index (κ3) is 4.12. The third-order valence-electron chi connectivity index (χ3n) is 7.17. The number of hydrogen-bond donors (Lipinski definition) is 1. The summed E-state index contributed by atoms with van der Waals surface area (Å²) in [6.45, 7) is 9.11. The van der Waals surface area contributed by atoms with E-state index in [0.29, 0.717) is 26.0 Å². The maximum absolute atomic E-state index is 13.8. The highest BCUT2D eigenvalue weighted by atomic mass is 16.5. The van der Waals surface area contributed by atoms with Gasteiger partial charge in [-0.15, -0.1) is 13.2 Å². The molecule has 0 spiro atoms. The Morgan fingerprint density at radius 3 is 2.68 bits per heavy atom. The predicted octanol–water partition coefficient (Wildman–Crippen LogP) is 3.91. The molecule has 1 amide bonds. The molecule has 0 aromatic carbocycles. The average molecular weight is 429 g/mol. The van der Waals surface area contributed by atoms with Gasteiger partial charge in [-0.05, 0) is 63.4 Å². The highest BCUT2D eigenvalue weighted by Gasteiger charge is 2.59. The molecule has 4 aliphatic rings. The Labute approximate surface area is 185 Å². The fourth-order valence-corrected chi connectivity index (χ4v) is 5.64. The number of hydrogen-bond acceptors (Lipinski definition) is 5. The van der Waals surface area contributed by atoms with Crippen LogP contribution in [-0.2, 0) is 14.3 Å². The van der Waals surface area contributed by atoms with Gasteiger partial charge in [0, 0.05) is 37.8 Å². The molecule has 6 nitrogen and oxygen atoms in total. The van der Waals surface area contributed by atoms with E-state index < -0.39 is 5.54 Å². The first-order valence-electron chi connectivity index (χ1n) is 11.9. The molecule has 1 N–H and O–H groups in total. The Morgan fingerprint density at radius 2 is 1.97 bits per heavy atom. The van der Waals surface area contributed by atoms with Gasteiger partial charge in [0.2, 0.25) is 0 Å². The van der Waals surface area contributed by atoms with E-state index >= 15 is 0 Å². The number of rotatable bonds is 9. The third-order valence-corrected chi connectivity index (χ3v) is 7.17. The van der Waals surface area contributed by atoms with Crippen molar-refractivity contribution in [1.82, 2.24) is 4.90 Å². The first-order chi connectivity index (χ1) is 15.1. The van der Waals surface area contributed by atoms with Gasteiger partial charge in [0.05, 0.1) is 6.10 Å². The minimum Gasteiger partial charge on any atom is -0.470 e. The lowest BCUT2D eigenvalue weighted by molar-refractivity contribution is -0.138. The highest BCUT2D eigenvalue weighted by Crippen LogP contribution is 2.47. The smallest absolute Gasteiger partial charge is 0.259 e. The SMILES string of the molecule is C=CCN1C(=O)[C@]2(CC=C)N=C(C3CCC(OCCCO)CC3)O[C@@H]2C2=C1CCCC2. The molecule has 4 rings (SSSR count). The molecule has 1 saturated carbocycles. The average Bonchev–Trinajstić information content (AvgIpc) is 3.19. The summed E-state index contributed by atoms with van der Waals surface area (Å²) < 4.78 is 12.4. The molecule has 0 radical (unpaired) electrons. The molecule has 0 saturated heterocycles. The molecular weight excluding hydrogens is 392 g/mol. The summed E-state index contributed by atoms with van der Waals surface area (Å²) >= 11 is 0. The van der Waals surface area contributed by atoms with Crippen LogP contribution < -0.4 is 0 Å². The van der Waals surface area contributed by atoms with E-state index in [9.17, 15) is 4.79 Å². The van der Waals surface area contributed by atoms with Crippen molar-refractivity contribution in [3.63, 3.8) is 0 Å². The number of carbonyl (C=O) groups is 1. The molecule has 31 heavy (non-hydrogen) atoms. The number of aliphatic hydroxyl groups is 1. The first kappa shape index (κ1) is 22.3. The van der Waals surface area contributed by atoms with E-state index in [0.717, 1.165) is 63.0 Å². The normalized spacial score (nSPS) is 32.8. The lowest BCUT2D eigenvalue weighted by Gasteiger charge is -2.44.